The molecule has 0 bridgehead atoms. The van der Waals surface area contributed by atoms with E-state index >= 15 is 0 Å². The van der Waals surface area contributed by atoms with Gasteiger partial charge in [-0.05, 0) is 36.1 Å². The molecule has 1 rings (SSSR count). The molecule has 1 N–H and O–H groups in total. The zero-order valence-electron chi connectivity index (χ0n) is 8.46. The van der Waals surface area contributed by atoms with Gasteiger partial charge in [0.2, 0.25) is 0 Å². The Hall–Kier alpha value is -1.24. The number of hydrogen-bond acceptors (Lipinski definition) is 1. The first-order valence-corrected chi connectivity index (χ1v) is 4.51. The zero-order valence-corrected chi connectivity index (χ0v) is 8.46. The third-order valence-electron chi connectivity index (χ3n) is 2.15. The summed E-state index contributed by atoms with van der Waals surface area (Å²) in [5.74, 6) is 0.801. The number of phenolic OH excluding ortho intramolecular Hbond substituents is 1. The molecule has 0 aliphatic heterocycles. The number of allylic oxidation sites excluding steroid dienone is 1. The van der Waals surface area contributed by atoms with Gasteiger partial charge in [0.15, 0.2) is 0 Å². The van der Waals surface area contributed by atoms with Gasteiger partial charge in [-0.25, -0.2) is 0 Å². The van der Waals surface area contributed by atoms with Gasteiger partial charge in [-0.2, -0.15) is 0 Å². The van der Waals surface area contributed by atoms with Crippen molar-refractivity contribution in [3.8, 4) is 5.75 Å². The summed E-state index contributed by atoms with van der Waals surface area (Å²) in [5, 5.41) is 9.53. The summed E-state index contributed by atoms with van der Waals surface area (Å²) in [5.41, 5.74) is 2.99. The highest BCUT2D eigenvalue weighted by Crippen LogP contribution is 2.27. The van der Waals surface area contributed by atoms with Crippen LogP contribution in [0.5, 0.6) is 5.75 Å². The maximum absolute atomic E-state index is 9.53. The molecule has 0 aliphatic carbocycles. The number of rotatable bonds is 2. The van der Waals surface area contributed by atoms with Crippen molar-refractivity contribution in [3.05, 3.63) is 35.9 Å². The third-order valence-corrected chi connectivity index (χ3v) is 2.15. The Morgan fingerprint density at radius 1 is 1.38 bits per heavy atom. The van der Waals surface area contributed by atoms with Crippen LogP contribution < -0.4 is 0 Å². The molecule has 0 atom stereocenters. The second-order valence-corrected chi connectivity index (χ2v) is 3.71. The van der Waals surface area contributed by atoms with Gasteiger partial charge < -0.3 is 5.11 Å². The highest BCUT2D eigenvalue weighted by atomic mass is 16.3. The molecule has 0 aliphatic rings. The lowest BCUT2D eigenvalue weighted by atomic mass is 9.98. The fourth-order valence-corrected chi connectivity index (χ4v) is 1.25. The van der Waals surface area contributed by atoms with Gasteiger partial charge in [0.25, 0.3) is 0 Å². The van der Waals surface area contributed by atoms with Gasteiger partial charge in [0, 0.05) is 5.56 Å². The summed E-state index contributed by atoms with van der Waals surface area (Å²) in [6.45, 7) is 10.00. The van der Waals surface area contributed by atoms with Gasteiger partial charge in [-0.15, -0.1) is 0 Å². The summed E-state index contributed by atoms with van der Waals surface area (Å²) in [7, 11) is 0. The summed E-state index contributed by atoms with van der Waals surface area (Å²) >= 11 is 0. The molecular weight excluding hydrogens is 160 g/mol. The van der Waals surface area contributed by atoms with Crippen molar-refractivity contribution in [2.24, 2.45) is 0 Å². The normalized spacial score (nSPS) is 10.5. The summed E-state index contributed by atoms with van der Waals surface area (Å²) < 4.78 is 0. The van der Waals surface area contributed by atoms with E-state index < -0.39 is 0 Å². The summed E-state index contributed by atoms with van der Waals surface area (Å²) in [6.07, 6.45) is 0. The Labute approximate surface area is 79.7 Å². The molecular formula is C12H16O. The number of hydrogen-bond donors (Lipinski definition) is 1. The van der Waals surface area contributed by atoms with Crippen molar-refractivity contribution in [3.63, 3.8) is 0 Å². The minimum atomic E-state index is 0.317. The lowest BCUT2D eigenvalue weighted by Crippen LogP contribution is -1.89. The number of aromatic hydroxyl groups is 1. The largest absolute Gasteiger partial charge is 0.507 e. The van der Waals surface area contributed by atoms with Crippen LogP contribution in [0.25, 0.3) is 5.57 Å². The van der Waals surface area contributed by atoms with Crippen molar-refractivity contribution >= 4 is 5.57 Å². The monoisotopic (exact) mass is 176 g/mol. The van der Waals surface area contributed by atoms with Crippen LogP contribution >= 0.6 is 0 Å². The van der Waals surface area contributed by atoms with Crippen LogP contribution in [-0.2, 0) is 0 Å². The van der Waals surface area contributed by atoms with Crippen molar-refractivity contribution in [1.29, 1.82) is 0 Å². The average Bonchev–Trinajstić information content (AvgIpc) is 2.04. The molecule has 13 heavy (non-hydrogen) atoms. The molecule has 0 fully saturated rings. The van der Waals surface area contributed by atoms with E-state index in [-0.39, 0.29) is 0 Å². The molecule has 70 valence electrons. The fourth-order valence-electron chi connectivity index (χ4n) is 1.25. The van der Waals surface area contributed by atoms with Crippen molar-refractivity contribution in [2.75, 3.05) is 0 Å². The molecule has 0 amide bonds. The van der Waals surface area contributed by atoms with Crippen molar-refractivity contribution < 1.29 is 5.11 Å². The van der Waals surface area contributed by atoms with Gasteiger partial charge in [-0.1, -0.05) is 26.5 Å². The molecule has 0 spiro atoms. The number of phenols is 1. The second kappa shape index (κ2) is 3.65. The van der Waals surface area contributed by atoms with Crippen LogP contribution in [-0.4, -0.2) is 5.11 Å². The highest BCUT2D eigenvalue weighted by Gasteiger charge is 2.05. The van der Waals surface area contributed by atoms with Gasteiger partial charge >= 0.3 is 0 Å². The molecule has 0 unspecified atom stereocenters. The second-order valence-electron chi connectivity index (χ2n) is 3.71. The Balaban J connectivity index is 3.19. The SMILES string of the molecule is C=C(C)c1cc(C(C)C)ccc1O. The van der Waals surface area contributed by atoms with Gasteiger partial charge in [0.1, 0.15) is 5.75 Å². The predicted octanol–water partition coefficient (Wildman–Crippen LogP) is 3.55. The third kappa shape index (κ3) is 2.11. The van der Waals surface area contributed by atoms with Crippen LogP contribution in [0.15, 0.2) is 24.8 Å². The van der Waals surface area contributed by atoms with Gasteiger partial charge in [0.05, 0.1) is 0 Å². The first-order valence-electron chi connectivity index (χ1n) is 4.51. The zero-order chi connectivity index (χ0) is 10.0. The topological polar surface area (TPSA) is 20.2 Å². The predicted molar refractivity (Wildman–Crippen MR) is 56.9 cm³/mol. The first kappa shape index (κ1) is 9.85. The van der Waals surface area contributed by atoms with E-state index in [1.54, 1.807) is 6.07 Å². The number of benzene rings is 1. The molecule has 0 radical (unpaired) electrons. The van der Waals surface area contributed by atoms with Crippen LogP contribution in [0, 0.1) is 0 Å². The summed E-state index contributed by atoms with van der Waals surface area (Å²) in [4.78, 5) is 0. The molecule has 0 heterocycles. The highest BCUT2D eigenvalue weighted by molar-refractivity contribution is 5.67. The standard InChI is InChI=1S/C12H16O/c1-8(2)10-5-6-12(13)11(7-10)9(3)4/h5-8,13H,3H2,1-2,4H3. The Morgan fingerprint density at radius 2 is 2.00 bits per heavy atom. The Bertz CT molecular complexity index is 324. The lowest BCUT2D eigenvalue weighted by molar-refractivity contribution is 0.473. The molecule has 1 heteroatoms. The van der Waals surface area contributed by atoms with E-state index in [0.717, 1.165) is 11.1 Å². The van der Waals surface area contributed by atoms with Gasteiger partial charge in [-0.3, -0.25) is 0 Å². The van der Waals surface area contributed by atoms with Crippen LogP contribution in [0.1, 0.15) is 37.8 Å². The first-order chi connectivity index (χ1) is 6.02. The van der Waals surface area contributed by atoms with Crippen LogP contribution in [0.3, 0.4) is 0 Å². The van der Waals surface area contributed by atoms with E-state index in [0.29, 0.717) is 11.7 Å². The van der Waals surface area contributed by atoms with E-state index in [9.17, 15) is 5.11 Å². The van der Waals surface area contributed by atoms with Crippen molar-refractivity contribution in [2.45, 2.75) is 26.7 Å². The Morgan fingerprint density at radius 3 is 2.46 bits per heavy atom. The lowest BCUT2D eigenvalue weighted by Gasteiger charge is -2.09. The fraction of sp³-hybridized carbons (Fsp3) is 0.333. The van der Waals surface area contributed by atoms with Crippen LogP contribution in [0.4, 0.5) is 0 Å². The molecule has 1 aromatic carbocycles. The van der Waals surface area contributed by atoms with E-state index in [1.165, 1.54) is 5.56 Å². The molecule has 0 saturated heterocycles. The minimum Gasteiger partial charge on any atom is -0.507 e. The molecule has 1 nitrogen and oxygen atoms in total. The van der Waals surface area contributed by atoms with Crippen molar-refractivity contribution in [1.82, 2.24) is 0 Å². The smallest absolute Gasteiger partial charge is 0.123 e. The van der Waals surface area contributed by atoms with E-state index in [4.69, 9.17) is 0 Å². The Kier molecular flexibility index (Phi) is 2.76. The maximum atomic E-state index is 9.53. The summed E-state index contributed by atoms with van der Waals surface area (Å²) in [6, 6.07) is 5.69. The van der Waals surface area contributed by atoms with E-state index in [1.807, 2.05) is 19.1 Å². The minimum absolute atomic E-state index is 0.317. The quantitative estimate of drug-likeness (QED) is 0.730. The average molecular weight is 176 g/mol. The maximum Gasteiger partial charge on any atom is 0.123 e. The molecule has 0 saturated carbocycles. The van der Waals surface area contributed by atoms with Crippen LogP contribution in [0.2, 0.25) is 0 Å². The molecule has 0 aromatic heterocycles. The molecule has 1 aromatic rings. The van der Waals surface area contributed by atoms with E-state index in [2.05, 4.69) is 20.4 Å².